The minimum absolute atomic E-state index is 0.0789. The van der Waals surface area contributed by atoms with Crippen LogP contribution in [0.4, 0.5) is 0 Å². The number of nitrogens with zero attached hydrogens (tertiary/aromatic N) is 1. The Morgan fingerprint density at radius 3 is 2.84 bits per heavy atom. The molecule has 0 aromatic heterocycles. The summed E-state index contributed by atoms with van der Waals surface area (Å²) in [5.41, 5.74) is 1.55. The molecule has 1 amide bonds. The first-order valence-corrected chi connectivity index (χ1v) is 7.06. The first-order valence-electron chi connectivity index (χ1n) is 6.27. The van der Waals surface area contributed by atoms with Crippen molar-refractivity contribution >= 4 is 27.8 Å². The molecule has 0 spiro atoms. The first kappa shape index (κ1) is 14.1. The molecule has 2 rings (SSSR count). The number of carboxylic acid groups (broad SMARTS) is 1. The summed E-state index contributed by atoms with van der Waals surface area (Å²) in [5.74, 6) is -1.33. The van der Waals surface area contributed by atoms with Gasteiger partial charge in [0.1, 0.15) is 0 Å². The van der Waals surface area contributed by atoms with Gasteiger partial charge in [0.15, 0.2) is 0 Å². The summed E-state index contributed by atoms with van der Waals surface area (Å²) < 4.78 is 0.855. The maximum absolute atomic E-state index is 12.5. The van der Waals surface area contributed by atoms with Gasteiger partial charge >= 0.3 is 5.97 Å². The monoisotopic (exact) mass is 325 g/mol. The quantitative estimate of drug-likeness (QED) is 0.909. The maximum atomic E-state index is 12.5. The lowest BCUT2D eigenvalue weighted by Gasteiger charge is -2.31. The molecule has 19 heavy (non-hydrogen) atoms. The van der Waals surface area contributed by atoms with Crippen LogP contribution in [0.2, 0.25) is 0 Å². The highest BCUT2D eigenvalue weighted by atomic mass is 79.9. The van der Waals surface area contributed by atoms with Gasteiger partial charge in [0, 0.05) is 23.1 Å². The van der Waals surface area contributed by atoms with Crippen molar-refractivity contribution in [3.05, 3.63) is 33.8 Å². The fourth-order valence-electron chi connectivity index (χ4n) is 2.36. The van der Waals surface area contributed by atoms with Gasteiger partial charge in [-0.1, -0.05) is 22.0 Å². The van der Waals surface area contributed by atoms with Gasteiger partial charge in [-0.25, -0.2) is 0 Å². The summed E-state index contributed by atoms with van der Waals surface area (Å²) in [6, 6.07) is 5.57. The summed E-state index contributed by atoms with van der Waals surface area (Å²) >= 11 is 3.36. The Morgan fingerprint density at radius 1 is 1.42 bits per heavy atom. The number of aliphatic carboxylic acids is 1. The van der Waals surface area contributed by atoms with Crippen molar-refractivity contribution in [1.82, 2.24) is 4.90 Å². The highest BCUT2D eigenvalue weighted by Crippen LogP contribution is 2.22. The molecule has 5 heteroatoms. The van der Waals surface area contributed by atoms with Crippen LogP contribution in [0.5, 0.6) is 0 Å². The molecule has 0 radical (unpaired) electrons. The molecular formula is C14H16BrNO3. The van der Waals surface area contributed by atoms with Crippen molar-refractivity contribution in [2.24, 2.45) is 5.92 Å². The molecular weight excluding hydrogens is 310 g/mol. The lowest BCUT2D eigenvalue weighted by atomic mass is 9.97. The van der Waals surface area contributed by atoms with Gasteiger partial charge in [-0.2, -0.15) is 0 Å². The van der Waals surface area contributed by atoms with Gasteiger partial charge in [-0.15, -0.1) is 0 Å². The molecule has 1 saturated heterocycles. The van der Waals surface area contributed by atoms with E-state index in [1.807, 2.05) is 19.1 Å². The van der Waals surface area contributed by atoms with Crippen molar-refractivity contribution in [3.63, 3.8) is 0 Å². The third-order valence-corrected chi connectivity index (χ3v) is 3.98. The molecule has 1 N–H and O–H groups in total. The summed E-state index contributed by atoms with van der Waals surface area (Å²) in [6.45, 7) is 2.83. The molecule has 4 nitrogen and oxygen atoms in total. The van der Waals surface area contributed by atoms with Crippen LogP contribution in [0.1, 0.15) is 28.8 Å². The predicted molar refractivity (Wildman–Crippen MR) is 75.1 cm³/mol. The zero-order chi connectivity index (χ0) is 14.0. The molecule has 1 heterocycles. The van der Waals surface area contributed by atoms with Gasteiger partial charge < -0.3 is 10.0 Å². The Balaban J connectivity index is 2.19. The average Bonchev–Trinajstić information content (AvgIpc) is 2.41. The number of hydrogen-bond acceptors (Lipinski definition) is 2. The minimum atomic E-state index is -0.816. The van der Waals surface area contributed by atoms with E-state index in [2.05, 4.69) is 15.9 Å². The number of carbonyl (C=O) groups is 2. The van der Waals surface area contributed by atoms with Crippen LogP contribution in [-0.4, -0.2) is 35.0 Å². The van der Waals surface area contributed by atoms with Crippen molar-refractivity contribution in [1.29, 1.82) is 0 Å². The first-order chi connectivity index (χ1) is 8.99. The van der Waals surface area contributed by atoms with Gasteiger partial charge in [-0.3, -0.25) is 9.59 Å². The Kier molecular flexibility index (Phi) is 4.24. The summed E-state index contributed by atoms with van der Waals surface area (Å²) in [4.78, 5) is 25.1. The number of piperidine rings is 1. The van der Waals surface area contributed by atoms with Crippen LogP contribution in [0.15, 0.2) is 22.7 Å². The zero-order valence-corrected chi connectivity index (χ0v) is 12.3. The highest BCUT2D eigenvalue weighted by molar-refractivity contribution is 9.10. The average molecular weight is 326 g/mol. The summed E-state index contributed by atoms with van der Waals surface area (Å²) in [6.07, 6.45) is 1.40. The number of rotatable bonds is 2. The lowest BCUT2D eigenvalue weighted by Crippen LogP contribution is -2.42. The van der Waals surface area contributed by atoms with E-state index in [0.717, 1.165) is 16.5 Å². The second kappa shape index (κ2) is 5.74. The number of benzene rings is 1. The van der Waals surface area contributed by atoms with E-state index in [1.165, 1.54) is 0 Å². The summed E-state index contributed by atoms with van der Waals surface area (Å²) in [5, 5.41) is 9.06. The van der Waals surface area contributed by atoms with Crippen LogP contribution >= 0.6 is 15.9 Å². The van der Waals surface area contributed by atoms with Crippen LogP contribution in [0, 0.1) is 12.8 Å². The van der Waals surface area contributed by atoms with E-state index >= 15 is 0 Å². The van der Waals surface area contributed by atoms with Crippen LogP contribution in [-0.2, 0) is 4.79 Å². The molecule has 0 aliphatic carbocycles. The number of aryl methyl sites for hydroxylation is 1. The van der Waals surface area contributed by atoms with Gasteiger partial charge in [-0.05, 0) is 37.5 Å². The fraction of sp³-hybridized carbons (Fsp3) is 0.429. The van der Waals surface area contributed by atoms with Crippen molar-refractivity contribution < 1.29 is 14.7 Å². The second-order valence-electron chi connectivity index (χ2n) is 4.89. The number of halogens is 1. The van der Waals surface area contributed by atoms with E-state index in [-0.39, 0.29) is 5.91 Å². The van der Waals surface area contributed by atoms with Crippen molar-refractivity contribution in [2.75, 3.05) is 13.1 Å². The molecule has 0 bridgehead atoms. The standard InChI is InChI=1S/C14H16BrNO3/c1-9-4-5-11(15)7-12(9)13(17)16-6-2-3-10(8-16)14(18)19/h4-5,7,10H,2-3,6,8H2,1H3,(H,18,19)/t10-/m1/s1. The zero-order valence-electron chi connectivity index (χ0n) is 10.7. The van der Waals surface area contributed by atoms with Gasteiger partial charge in [0.05, 0.1) is 5.92 Å². The molecule has 1 aromatic carbocycles. The molecule has 1 aromatic rings. The van der Waals surface area contributed by atoms with E-state index in [0.29, 0.717) is 25.1 Å². The predicted octanol–water partition coefficient (Wildman–Crippen LogP) is 2.69. The Bertz CT molecular complexity index is 515. The normalized spacial score (nSPS) is 19.3. The fourth-order valence-corrected chi connectivity index (χ4v) is 2.72. The van der Waals surface area contributed by atoms with Gasteiger partial charge in [0.25, 0.3) is 5.91 Å². The van der Waals surface area contributed by atoms with Crippen LogP contribution in [0.3, 0.4) is 0 Å². The largest absolute Gasteiger partial charge is 0.481 e. The lowest BCUT2D eigenvalue weighted by molar-refractivity contribution is -0.143. The Morgan fingerprint density at radius 2 is 2.16 bits per heavy atom. The maximum Gasteiger partial charge on any atom is 0.308 e. The van der Waals surface area contributed by atoms with Crippen molar-refractivity contribution in [2.45, 2.75) is 19.8 Å². The molecule has 1 aliphatic heterocycles. The van der Waals surface area contributed by atoms with E-state index in [9.17, 15) is 9.59 Å². The molecule has 0 unspecified atom stereocenters. The number of carboxylic acids is 1. The molecule has 0 saturated carbocycles. The van der Waals surface area contributed by atoms with E-state index in [1.54, 1.807) is 11.0 Å². The molecule has 102 valence electrons. The van der Waals surface area contributed by atoms with Gasteiger partial charge in [0.2, 0.25) is 0 Å². The summed E-state index contributed by atoms with van der Waals surface area (Å²) in [7, 11) is 0. The second-order valence-corrected chi connectivity index (χ2v) is 5.80. The number of likely N-dealkylation sites (tertiary alicyclic amines) is 1. The molecule has 1 fully saturated rings. The third-order valence-electron chi connectivity index (χ3n) is 3.49. The molecule has 1 aliphatic rings. The Labute approximate surface area is 120 Å². The van der Waals surface area contributed by atoms with E-state index < -0.39 is 11.9 Å². The SMILES string of the molecule is Cc1ccc(Br)cc1C(=O)N1CCC[C@@H](C(=O)O)C1. The van der Waals surface area contributed by atoms with Crippen LogP contribution < -0.4 is 0 Å². The van der Waals surface area contributed by atoms with E-state index in [4.69, 9.17) is 5.11 Å². The topological polar surface area (TPSA) is 57.6 Å². The number of carbonyl (C=O) groups excluding carboxylic acids is 1. The number of amides is 1. The highest BCUT2D eigenvalue weighted by Gasteiger charge is 2.29. The third kappa shape index (κ3) is 3.15. The van der Waals surface area contributed by atoms with Crippen LogP contribution in [0.25, 0.3) is 0 Å². The smallest absolute Gasteiger partial charge is 0.308 e. The molecule has 1 atom stereocenters. The number of hydrogen-bond donors (Lipinski definition) is 1. The Hall–Kier alpha value is -1.36. The minimum Gasteiger partial charge on any atom is -0.481 e. The van der Waals surface area contributed by atoms with Crippen molar-refractivity contribution in [3.8, 4) is 0 Å².